The molecule has 4 aromatic rings. The number of anilines is 2. The first-order valence-electron chi connectivity index (χ1n) is 9.44. The topological polar surface area (TPSA) is 90.0 Å². The van der Waals surface area contributed by atoms with Crippen LogP contribution < -0.4 is 10.6 Å². The minimum absolute atomic E-state index is 0.184. The summed E-state index contributed by atoms with van der Waals surface area (Å²) in [7, 11) is 0. The zero-order valence-corrected chi connectivity index (χ0v) is 16.6. The van der Waals surface area contributed by atoms with Crippen LogP contribution in [-0.2, 0) is 4.74 Å². The molecule has 8 heteroatoms. The number of benzene rings is 1. The Hall–Kier alpha value is -3.03. The largest absolute Gasteiger partial charge is 0.384 e. The van der Waals surface area contributed by atoms with E-state index >= 15 is 0 Å². The van der Waals surface area contributed by atoms with Crippen LogP contribution in [0.15, 0.2) is 42.5 Å². The molecule has 0 saturated carbocycles. The van der Waals surface area contributed by atoms with Gasteiger partial charge in [0.2, 0.25) is 5.28 Å². The smallest absolute Gasteiger partial charge is 0.226 e. The van der Waals surface area contributed by atoms with Crippen molar-refractivity contribution in [3.63, 3.8) is 0 Å². The van der Waals surface area contributed by atoms with Crippen LogP contribution >= 0.6 is 11.6 Å². The fraction of sp³-hybridized carbons (Fsp3) is 0.238. The Labute approximate surface area is 172 Å². The van der Waals surface area contributed by atoms with Crippen molar-refractivity contribution in [3.05, 3.63) is 47.7 Å². The van der Waals surface area contributed by atoms with E-state index in [1.165, 1.54) is 0 Å². The number of fused-ring (bicyclic) bond motifs is 2. The molecule has 1 aliphatic rings. The summed E-state index contributed by atoms with van der Waals surface area (Å²) in [4.78, 5) is 20.2. The molecule has 4 heterocycles. The van der Waals surface area contributed by atoms with Crippen LogP contribution in [-0.4, -0.2) is 45.7 Å². The second-order valence-corrected chi connectivity index (χ2v) is 7.48. The molecule has 0 radical (unpaired) electrons. The highest BCUT2D eigenvalue weighted by Gasteiger charge is 2.23. The molecular weight excluding hydrogens is 388 g/mol. The second kappa shape index (κ2) is 7.09. The Bertz CT molecular complexity index is 1230. The third-order valence-electron chi connectivity index (χ3n) is 5.16. The summed E-state index contributed by atoms with van der Waals surface area (Å²) in [6.07, 6.45) is 0. The predicted molar refractivity (Wildman–Crippen MR) is 115 cm³/mol. The average Bonchev–Trinajstić information content (AvgIpc) is 2.72. The minimum Gasteiger partial charge on any atom is -0.384 e. The number of aromatic nitrogens is 4. The molecule has 29 heavy (non-hydrogen) atoms. The summed E-state index contributed by atoms with van der Waals surface area (Å²) in [6.45, 7) is 4.17. The van der Waals surface area contributed by atoms with Gasteiger partial charge in [-0.1, -0.05) is 12.1 Å². The summed E-state index contributed by atoms with van der Waals surface area (Å²) in [5, 5.41) is 2.08. The van der Waals surface area contributed by atoms with Gasteiger partial charge < -0.3 is 15.4 Å². The molecule has 1 atom stereocenters. The number of nitrogens with two attached hydrogens (primary N) is 1. The SMILES string of the molecule is C[C@H]1COCCN1c1nc(Cl)nc2nc(-c3ccc4ccc(N)nc4c3)ccc12. The van der Waals surface area contributed by atoms with Crippen LogP contribution in [0.1, 0.15) is 6.92 Å². The normalized spacial score (nSPS) is 17.2. The number of morpholine rings is 1. The van der Waals surface area contributed by atoms with Gasteiger partial charge in [-0.2, -0.15) is 9.97 Å². The van der Waals surface area contributed by atoms with Crippen molar-refractivity contribution in [2.45, 2.75) is 13.0 Å². The van der Waals surface area contributed by atoms with Gasteiger partial charge in [0.15, 0.2) is 5.65 Å². The fourth-order valence-corrected chi connectivity index (χ4v) is 3.84. The molecular formula is C21H19ClN6O. The number of nitrogen functional groups attached to an aromatic ring is 1. The van der Waals surface area contributed by atoms with E-state index in [0.29, 0.717) is 24.7 Å². The van der Waals surface area contributed by atoms with Gasteiger partial charge in [-0.25, -0.2) is 9.97 Å². The van der Waals surface area contributed by atoms with Crippen LogP contribution in [0.2, 0.25) is 5.28 Å². The second-order valence-electron chi connectivity index (χ2n) is 7.14. The molecule has 1 aliphatic heterocycles. The van der Waals surface area contributed by atoms with Gasteiger partial charge in [0.05, 0.1) is 35.9 Å². The van der Waals surface area contributed by atoms with E-state index in [1.54, 1.807) is 6.07 Å². The van der Waals surface area contributed by atoms with Crippen molar-refractivity contribution in [1.82, 2.24) is 19.9 Å². The lowest BCUT2D eigenvalue weighted by molar-refractivity contribution is 0.0987. The average molecular weight is 407 g/mol. The zero-order chi connectivity index (χ0) is 20.0. The minimum atomic E-state index is 0.184. The maximum absolute atomic E-state index is 6.24. The Kier molecular flexibility index (Phi) is 4.41. The highest BCUT2D eigenvalue weighted by molar-refractivity contribution is 6.28. The predicted octanol–water partition coefficient (Wildman–Crippen LogP) is 3.70. The zero-order valence-electron chi connectivity index (χ0n) is 15.8. The third kappa shape index (κ3) is 3.32. The molecule has 3 aromatic heterocycles. The maximum Gasteiger partial charge on any atom is 0.226 e. The van der Waals surface area contributed by atoms with Gasteiger partial charge in [-0.15, -0.1) is 0 Å². The van der Waals surface area contributed by atoms with Crippen molar-refractivity contribution in [2.24, 2.45) is 0 Å². The molecule has 1 saturated heterocycles. The number of pyridine rings is 2. The lowest BCUT2D eigenvalue weighted by atomic mass is 10.1. The Morgan fingerprint density at radius 1 is 1.07 bits per heavy atom. The van der Waals surface area contributed by atoms with Gasteiger partial charge in [0, 0.05) is 17.5 Å². The van der Waals surface area contributed by atoms with Crippen molar-refractivity contribution in [3.8, 4) is 11.3 Å². The summed E-state index contributed by atoms with van der Waals surface area (Å²) >= 11 is 6.24. The number of rotatable bonds is 2. The van der Waals surface area contributed by atoms with Crippen molar-refractivity contribution in [1.29, 1.82) is 0 Å². The van der Waals surface area contributed by atoms with Crippen LogP contribution in [0, 0.1) is 0 Å². The third-order valence-corrected chi connectivity index (χ3v) is 5.33. The summed E-state index contributed by atoms with van der Waals surface area (Å²) in [5.41, 5.74) is 8.95. The number of nitrogens with zero attached hydrogens (tertiary/aromatic N) is 5. The van der Waals surface area contributed by atoms with E-state index in [4.69, 9.17) is 27.1 Å². The van der Waals surface area contributed by atoms with E-state index in [-0.39, 0.29) is 11.3 Å². The number of hydrogen-bond donors (Lipinski definition) is 1. The van der Waals surface area contributed by atoms with Gasteiger partial charge in [0.25, 0.3) is 0 Å². The van der Waals surface area contributed by atoms with E-state index in [0.717, 1.165) is 39.9 Å². The maximum atomic E-state index is 6.24. The van der Waals surface area contributed by atoms with Crippen molar-refractivity contribution in [2.75, 3.05) is 30.4 Å². The van der Waals surface area contributed by atoms with E-state index in [1.807, 2.05) is 36.4 Å². The van der Waals surface area contributed by atoms with Gasteiger partial charge in [-0.3, -0.25) is 0 Å². The lowest BCUT2D eigenvalue weighted by Crippen LogP contribution is -2.44. The lowest BCUT2D eigenvalue weighted by Gasteiger charge is -2.34. The summed E-state index contributed by atoms with van der Waals surface area (Å²) in [6, 6.07) is 13.9. The van der Waals surface area contributed by atoms with E-state index in [9.17, 15) is 0 Å². The van der Waals surface area contributed by atoms with Crippen molar-refractivity contribution < 1.29 is 4.74 Å². The molecule has 1 aromatic carbocycles. The number of hydrogen-bond acceptors (Lipinski definition) is 7. The Morgan fingerprint density at radius 3 is 2.79 bits per heavy atom. The molecule has 0 aliphatic carbocycles. The molecule has 7 nitrogen and oxygen atoms in total. The Balaban J connectivity index is 1.62. The monoisotopic (exact) mass is 406 g/mol. The standard InChI is InChI=1S/C21H19ClN6O/c1-12-11-29-9-8-28(12)20-15-5-6-16(25-19(15)26-21(22)27-20)14-3-2-13-4-7-18(23)24-17(13)10-14/h2-7,10,12H,8-9,11H2,1H3,(H2,23,24)/t12-/m0/s1. The first-order valence-corrected chi connectivity index (χ1v) is 9.81. The molecule has 0 spiro atoms. The fourth-order valence-electron chi connectivity index (χ4n) is 3.68. The first kappa shape index (κ1) is 18.0. The van der Waals surface area contributed by atoms with E-state index < -0.39 is 0 Å². The summed E-state index contributed by atoms with van der Waals surface area (Å²) in [5.74, 6) is 1.28. The van der Waals surface area contributed by atoms with Crippen LogP contribution in [0.25, 0.3) is 33.2 Å². The molecule has 1 fully saturated rings. The van der Waals surface area contributed by atoms with Gasteiger partial charge in [0.1, 0.15) is 11.6 Å². The molecule has 146 valence electrons. The highest BCUT2D eigenvalue weighted by Crippen LogP contribution is 2.30. The highest BCUT2D eigenvalue weighted by atomic mass is 35.5. The van der Waals surface area contributed by atoms with Crippen LogP contribution in [0.4, 0.5) is 11.6 Å². The quantitative estimate of drug-likeness (QED) is 0.507. The van der Waals surface area contributed by atoms with Gasteiger partial charge >= 0.3 is 0 Å². The van der Waals surface area contributed by atoms with Gasteiger partial charge in [-0.05, 0) is 48.9 Å². The molecule has 0 amide bonds. The Morgan fingerprint density at radius 2 is 1.93 bits per heavy atom. The summed E-state index contributed by atoms with van der Waals surface area (Å²) < 4.78 is 5.55. The van der Waals surface area contributed by atoms with Crippen molar-refractivity contribution >= 4 is 45.2 Å². The molecule has 2 N–H and O–H groups in total. The number of halogens is 1. The van der Waals surface area contributed by atoms with E-state index in [2.05, 4.69) is 26.8 Å². The first-order chi connectivity index (χ1) is 14.1. The molecule has 0 bridgehead atoms. The number of ether oxygens (including phenoxy) is 1. The van der Waals surface area contributed by atoms with Crippen LogP contribution in [0.3, 0.4) is 0 Å². The van der Waals surface area contributed by atoms with Crippen LogP contribution in [0.5, 0.6) is 0 Å². The molecule has 5 rings (SSSR count). The molecule has 0 unspecified atom stereocenters.